The number of nitrogens with zero attached hydrogens (tertiary/aromatic N) is 1. The predicted molar refractivity (Wildman–Crippen MR) is 80.9 cm³/mol. The van der Waals surface area contributed by atoms with Crippen LogP contribution >= 0.6 is 15.9 Å². The van der Waals surface area contributed by atoms with E-state index in [9.17, 15) is 0 Å². The normalized spacial score (nSPS) is 26.9. The summed E-state index contributed by atoms with van der Waals surface area (Å²) in [5, 5.41) is 3.65. The molecule has 1 aliphatic rings. The first-order valence-electron chi connectivity index (χ1n) is 6.76. The molecule has 0 amide bonds. The highest BCUT2D eigenvalue weighted by Crippen LogP contribution is 2.39. The predicted octanol–water partition coefficient (Wildman–Crippen LogP) is 4.78. The number of rotatable bonds is 2. The van der Waals surface area contributed by atoms with Crippen LogP contribution in [0, 0.1) is 18.3 Å². The third-order valence-corrected chi connectivity index (χ3v) is 4.89. The molecular weight excluding hydrogens is 288 g/mol. The standard InChI is InChI=1S/C15H23BrN2/c1-10-7-12(9-17-14(10)16)18-13-5-6-15(3,4)8-11(13)2/h7,9,11,13,18H,5-6,8H2,1-4H3. The van der Waals surface area contributed by atoms with Gasteiger partial charge in [0.1, 0.15) is 4.60 Å². The first-order valence-corrected chi connectivity index (χ1v) is 7.55. The molecule has 1 aromatic rings. The molecule has 1 saturated carbocycles. The van der Waals surface area contributed by atoms with Gasteiger partial charge in [-0.3, -0.25) is 0 Å². The zero-order valence-electron chi connectivity index (χ0n) is 11.8. The van der Waals surface area contributed by atoms with Crippen molar-refractivity contribution in [2.75, 3.05) is 5.32 Å². The van der Waals surface area contributed by atoms with E-state index in [0.717, 1.165) is 16.2 Å². The van der Waals surface area contributed by atoms with E-state index < -0.39 is 0 Å². The average Bonchev–Trinajstić information content (AvgIpc) is 2.27. The Morgan fingerprint density at radius 1 is 1.44 bits per heavy atom. The number of hydrogen-bond donors (Lipinski definition) is 1. The van der Waals surface area contributed by atoms with Gasteiger partial charge in [0.15, 0.2) is 0 Å². The third-order valence-electron chi connectivity index (χ3n) is 4.06. The molecule has 0 aliphatic heterocycles. The number of anilines is 1. The average molecular weight is 311 g/mol. The molecular formula is C15H23BrN2. The van der Waals surface area contributed by atoms with Gasteiger partial charge in [0.05, 0.1) is 11.9 Å². The van der Waals surface area contributed by atoms with Crippen LogP contribution < -0.4 is 5.32 Å². The van der Waals surface area contributed by atoms with Crippen LogP contribution in [0.25, 0.3) is 0 Å². The molecule has 3 heteroatoms. The zero-order valence-corrected chi connectivity index (χ0v) is 13.3. The van der Waals surface area contributed by atoms with Crippen LogP contribution in [-0.2, 0) is 0 Å². The highest BCUT2D eigenvalue weighted by atomic mass is 79.9. The van der Waals surface area contributed by atoms with Crippen LogP contribution in [-0.4, -0.2) is 11.0 Å². The molecule has 100 valence electrons. The number of aryl methyl sites for hydroxylation is 1. The van der Waals surface area contributed by atoms with Crippen molar-refractivity contribution >= 4 is 21.6 Å². The van der Waals surface area contributed by atoms with Crippen molar-refractivity contribution in [2.24, 2.45) is 11.3 Å². The van der Waals surface area contributed by atoms with E-state index in [1.807, 2.05) is 6.20 Å². The summed E-state index contributed by atoms with van der Waals surface area (Å²) in [7, 11) is 0. The van der Waals surface area contributed by atoms with Crippen LogP contribution in [0.5, 0.6) is 0 Å². The Hall–Kier alpha value is -0.570. The molecule has 1 aliphatic carbocycles. The first-order chi connectivity index (χ1) is 8.37. The quantitative estimate of drug-likeness (QED) is 0.795. The molecule has 1 fully saturated rings. The van der Waals surface area contributed by atoms with Gasteiger partial charge in [0, 0.05) is 6.04 Å². The van der Waals surface area contributed by atoms with Crippen LogP contribution in [0.2, 0.25) is 0 Å². The monoisotopic (exact) mass is 310 g/mol. The maximum atomic E-state index is 4.35. The Balaban J connectivity index is 2.03. The molecule has 0 spiro atoms. The number of pyridine rings is 1. The smallest absolute Gasteiger partial charge is 0.109 e. The lowest BCUT2D eigenvalue weighted by Crippen LogP contribution is -2.36. The van der Waals surface area contributed by atoms with Gasteiger partial charge in [-0.25, -0.2) is 4.98 Å². The van der Waals surface area contributed by atoms with Crippen LogP contribution in [0.15, 0.2) is 16.9 Å². The third kappa shape index (κ3) is 3.25. The molecule has 1 aromatic heterocycles. The second kappa shape index (κ2) is 5.20. The summed E-state index contributed by atoms with van der Waals surface area (Å²) in [6, 6.07) is 2.75. The molecule has 0 bridgehead atoms. The van der Waals surface area contributed by atoms with Gasteiger partial charge in [-0.2, -0.15) is 0 Å². The number of hydrogen-bond acceptors (Lipinski definition) is 2. The summed E-state index contributed by atoms with van der Waals surface area (Å²) in [6.45, 7) is 9.20. The zero-order chi connectivity index (χ0) is 13.3. The highest BCUT2D eigenvalue weighted by molar-refractivity contribution is 9.10. The minimum Gasteiger partial charge on any atom is -0.381 e. The molecule has 0 saturated heterocycles. The maximum Gasteiger partial charge on any atom is 0.109 e. The molecule has 0 aromatic carbocycles. The van der Waals surface area contributed by atoms with E-state index in [4.69, 9.17) is 0 Å². The second-order valence-electron chi connectivity index (χ2n) is 6.47. The summed E-state index contributed by atoms with van der Waals surface area (Å²) in [5.41, 5.74) is 2.84. The minimum atomic E-state index is 0.505. The Bertz CT molecular complexity index is 429. The van der Waals surface area contributed by atoms with Crippen LogP contribution in [0.1, 0.15) is 45.6 Å². The SMILES string of the molecule is Cc1cc(NC2CCC(C)(C)CC2C)cnc1Br. The van der Waals surface area contributed by atoms with Gasteiger partial charge >= 0.3 is 0 Å². The Morgan fingerprint density at radius 3 is 2.78 bits per heavy atom. The molecule has 1 heterocycles. The molecule has 2 rings (SSSR count). The van der Waals surface area contributed by atoms with Gasteiger partial charge in [0.2, 0.25) is 0 Å². The van der Waals surface area contributed by atoms with E-state index in [2.05, 4.69) is 60.0 Å². The lowest BCUT2D eigenvalue weighted by Gasteiger charge is -2.40. The Labute approximate surface area is 119 Å². The van der Waals surface area contributed by atoms with Gasteiger partial charge in [-0.15, -0.1) is 0 Å². The molecule has 2 unspecified atom stereocenters. The van der Waals surface area contributed by atoms with E-state index >= 15 is 0 Å². The Kier molecular flexibility index (Phi) is 4.00. The molecule has 2 atom stereocenters. The number of halogens is 1. The summed E-state index contributed by atoms with van der Waals surface area (Å²) in [4.78, 5) is 4.35. The largest absolute Gasteiger partial charge is 0.381 e. The topological polar surface area (TPSA) is 24.9 Å². The number of aromatic nitrogens is 1. The lowest BCUT2D eigenvalue weighted by atomic mass is 9.70. The van der Waals surface area contributed by atoms with Crippen molar-refractivity contribution in [2.45, 2.75) is 53.0 Å². The van der Waals surface area contributed by atoms with Crippen molar-refractivity contribution < 1.29 is 0 Å². The summed E-state index contributed by atoms with van der Waals surface area (Å²) < 4.78 is 0.936. The molecule has 18 heavy (non-hydrogen) atoms. The summed E-state index contributed by atoms with van der Waals surface area (Å²) in [5.74, 6) is 0.720. The fourth-order valence-corrected chi connectivity index (χ4v) is 3.23. The summed E-state index contributed by atoms with van der Waals surface area (Å²) >= 11 is 3.44. The van der Waals surface area contributed by atoms with Crippen LogP contribution in [0.3, 0.4) is 0 Å². The fourth-order valence-electron chi connectivity index (χ4n) is 3.01. The van der Waals surface area contributed by atoms with E-state index in [1.165, 1.54) is 24.8 Å². The maximum absolute atomic E-state index is 4.35. The minimum absolute atomic E-state index is 0.505. The van der Waals surface area contributed by atoms with Gasteiger partial charge < -0.3 is 5.32 Å². The molecule has 1 N–H and O–H groups in total. The Morgan fingerprint density at radius 2 is 2.17 bits per heavy atom. The molecule has 2 nitrogen and oxygen atoms in total. The van der Waals surface area contributed by atoms with Gasteiger partial charge in [-0.05, 0) is 65.1 Å². The van der Waals surface area contributed by atoms with E-state index in [1.54, 1.807) is 0 Å². The molecule has 0 radical (unpaired) electrons. The second-order valence-corrected chi connectivity index (χ2v) is 7.22. The van der Waals surface area contributed by atoms with Gasteiger partial charge in [0.25, 0.3) is 0 Å². The highest BCUT2D eigenvalue weighted by Gasteiger charge is 2.32. The lowest BCUT2D eigenvalue weighted by molar-refractivity contribution is 0.177. The van der Waals surface area contributed by atoms with Crippen molar-refractivity contribution in [1.82, 2.24) is 4.98 Å². The fraction of sp³-hybridized carbons (Fsp3) is 0.667. The van der Waals surface area contributed by atoms with E-state index in [0.29, 0.717) is 11.5 Å². The van der Waals surface area contributed by atoms with Crippen molar-refractivity contribution in [1.29, 1.82) is 0 Å². The number of nitrogens with one attached hydrogen (secondary N) is 1. The van der Waals surface area contributed by atoms with E-state index in [-0.39, 0.29) is 0 Å². The van der Waals surface area contributed by atoms with Crippen molar-refractivity contribution in [3.63, 3.8) is 0 Å². The summed E-state index contributed by atoms with van der Waals surface area (Å²) in [6.07, 6.45) is 5.78. The van der Waals surface area contributed by atoms with Crippen LogP contribution in [0.4, 0.5) is 5.69 Å². The van der Waals surface area contributed by atoms with Crippen molar-refractivity contribution in [3.8, 4) is 0 Å². The first kappa shape index (κ1) is 13.9. The van der Waals surface area contributed by atoms with Crippen molar-refractivity contribution in [3.05, 3.63) is 22.4 Å². The van der Waals surface area contributed by atoms with Gasteiger partial charge in [-0.1, -0.05) is 20.8 Å².